The minimum Gasteiger partial charge on any atom is -0.247 e. The van der Waals surface area contributed by atoms with Crippen LogP contribution in [0.2, 0.25) is 0 Å². The molecule has 70 valence electrons. The van der Waals surface area contributed by atoms with Crippen LogP contribution in [0.25, 0.3) is 0 Å². The van der Waals surface area contributed by atoms with E-state index in [0.29, 0.717) is 0 Å². The highest BCUT2D eigenvalue weighted by molar-refractivity contribution is 4.98. The average molecular weight is 170 g/mol. The summed E-state index contributed by atoms with van der Waals surface area (Å²) in [4.78, 5) is 0. The van der Waals surface area contributed by atoms with Gasteiger partial charge >= 0.3 is 0 Å². The summed E-state index contributed by atoms with van der Waals surface area (Å²) in [7, 11) is 0. The van der Waals surface area contributed by atoms with Gasteiger partial charge in [-0.1, -0.05) is 17.7 Å². The number of allylic oxidation sites excluding steroid dienone is 3. The Labute approximate surface area is 75.2 Å². The number of halogens is 1. The van der Waals surface area contributed by atoms with Gasteiger partial charge in [-0.05, 0) is 39.5 Å². The summed E-state index contributed by atoms with van der Waals surface area (Å²) in [6, 6.07) is 0. The number of alkyl halides is 1. The minimum absolute atomic E-state index is 0.110. The van der Waals surface area contributed by atoms with Crippen molar-refractivity contribution in [3.63, 3.8) is 0 Å². The van der Waals surface area contributed by atoms with Gasteiger partial charge < -0.3 is 0 Å². The van der Waals surface area contributed by atoms with E-state index < -0.39 is 6.17 Å². The molecular weight excluding hydrogens is 151 g/mol. The van der Waals surface area contributed by atoms with Crippen molar-refractivity contribution in [3.8, 4) is 0 Å². The zero-order chi connectivity index (χ0) is 9.56. The molecule has 0 radical (unpaired) electrons. The van der Waals surface area contributed by atoms with Gasteiger partial charge in [-0.2, -0.15) is 0 Å². The topological polar surface area (TPSA) is 0 Å². The number of hydrogen-bond donors (Lipinski definition) is 0. The van der Waals surface area contributed by atoms with Gasteiger partial charge in [0.25, 0.3) is 0 Å². The standard InChI is InChI=1S/C11H19F/c1-5-7-11(10(4)12)8-9(3)6-2/h5-6,10-11H,1,7-8H2,2-4H3. The molecule has 0 N–H and O–H groups in total. The second kappa shape index (κ2) is 5.99. The van der Waals surface area contributed by atoms with E-state index in [9.17, 15) is 4.39 Å². The van der Waals surface area contributed by atoms with E-state index in [1.807, 2.05) is 19.9 Å². The highest BCUT2D eigenvalue weighted by atomic mass is 19.1. The highest BCUT2D eigenvalue weighted by Gasteiger charge is 2.14. The molecule has 2 atom stereocenters. The molecule has 2 unspecified atom stereocenters. The Morgan fingerprint density at radius 2 is 2.17 bits per heavy atom. The van der Waals surface area contributed by atoms with Crippen molar-refractivity contribution in [2.45, 2.75) is 39.8 Å². The first-order valence-electron chi connectivity index (χ1n) is 4.48. The van der Waals surface area contributed by atoms with Crippen LogP contribution in [0, 0.1) is 5.92 Å². The fraction of sp³-hybridized carbons (Fsp3) is 0.636. The molecule has 0 aliphatic heterocycles. The molecule has 0 fully saturated rings. The van der Waals surface area contributed by atoms with Crippen molar-refractivity contribution in [1.29, 1.82) is 0 Å². The van der Waals surface area contributed by atoms with Gasteiger partial charge in [0, 0.05) is 0 Å². The van der Waals surface area contributed by atoms with E-state index in [-0.39, 0.29) is 5.92 Å². The molecule has 0 aromatic heterocycles. The maximum Gasteiger partial charge on any atom is 0.101 e. The Morgan fingerprint density at radius 3 is 2.50 bits per heavy atom. The maximum absolute atomic E-state index is 13.0. The van der Waals surface area contributed by atoms with E-state index in [4.69, 9.17) is 0 Å². The molecular formula is C11H19F. The van der Waals surface area contributed by atoms with Crippen molar-refractivity contribution < 1.29 is 4.39 Å². The number of hydrogen-bond acceptors (Lipinski definition) is 0. The van der Waals surface area contributed by atoms with Crippen molar-refractivity contribution in [2.24, 2.45) is 5.92 Å². The van der Waals surface area contributed by atoms with Crippen LogP contribution in [0.4, 0.5) is 4.39 Å². The van der Waals surface area contributed by atoms with E-state index in [1.54, 1.807) is 13.0 Å². The summed E-state index contributed by atoms with van der Waals surface area (Å²) in [5.41, 5.74) is 1.26. The third-order valence-electron chi connectivity index (χ3n) is 2.20. The van der Waals surface area contributed by atoms with Crippen LogP contribution in [0.1, 0.15) is 33.6 Å². The Balaban J connectivity index is 4.03. The molecule has 0 rings (SSSR count). The van der Waals surface area contributed by atoms with Crippen LogP contribution >= 0.6 is 0 Å². The van der Waals surface area contributed by atoms with Crippen LogP contribution in [0.3, 0.4) is 0 Å². The van der Waals surface area contributed by atoms with Crippen LogP contribution in [0.15, 0.2) is 24.3 Å². The molecule has 0 heterocycles. The lowest BCUT2D eigenvalue weighted by Crippen LogP contribution is -2.11. The summed E-state index contributed by atoms with van der Waals surface area (Å²) in [6.07, 6.45) is 4.71. The van der Waals surface area contributed by atoms with E-state index >= 15 is 0 Å². The quantitative estimate of drug-likeness (QED) is 0.549. The smallest absolute Gasteiger partial charge is 0.101 e. The van der Waals surface area contributed by atoms with Gasteiger partial charge in [0.15, 0.2) is 0 Å². The molecule has 0 aliphatic rings. The van der Waals surface area contributed by atoms with Gasteiger partial charge in [-0.25, -0.2) is 4.39 Å². The molecule has 0 amide bonds. The predicted molar refractivity (Wildman–Crippen MR) is 52.9 cm³/mol. The molecule has 0 aromatic rings. The lowest BCUT2D eigenvalue weighted by molar-refractivity contribution is 0.248. The fourth-order valence-corrected chi connectivity index (χ4v) is 1.18. The van der Waals surface area contributed by atoms with Crippen molar-refractivity contribution >= 4 is 0 Å². The Morgan fingerprint density at radius 1 is 1.58 bits per heavy atom. The summed E-state index contributed by atoms with van der Waals surface area (Å²) < 4.78 is 13.0. The SMILES string of the molecule is C=CCC(CC(C)=CC)C(C)F. The van der Waals surface area contributed by atoms with E-state index in [0.717, 1.165) is 12.8 Å². The van der Waals surface area contributed by atoms with Crippen molar-refractivity contribution in [2.75, 3.05) is 0 Å². The van der Waals surface area contributed by atoms with Crippen LogP contribution in [0.5, 0.6) is 0 Å². The Kier molecular flexibility index (Phi) is 5.69. The van der Waals surface area contributed by atoms with Gasteiger partial charge in [0.1, 0.15) is 6.17 Å². The lowest BCUT2D eigenvalue weighted by atomic mass is 9.93. The molecule has 0 bridgehead atoms. The Hall–Kier alpha value is -0.590. The molecule has 0 saturated carbocycles. The van der Waals surface area contributed by atoms with Gasteiger partial charge in [0.05, 0.1) is 0 Å². The summed E-state index contributed by atoms with van der Waals surface area (Å²) in [5.74, 6) is 0.110. The summed E-state index contributed by atoms with van der Waals surface area (Å²) in [5, 5.41) is 0. The molecule has 12 heavy (non-hydrogen) atoms. The third kappa shape index (κ3) is 4.32. The zero-order valence-corrected chi connectivity index (χ0v) is 8.31. The zero-order valence-electron chi connectivity index (χ0n) is 8.31. The van der Waals surface area contributed by atoms with E-state index in [1.165, 1.54) is 5.57 Å². The predicted octanol–water partition coefficient (Wildman–Crippen LogP) is 3.89. The van der Waals surface area contributed by atoms with Crippen LogP contribution in [-0.4, -0.2) is 6.17 Å². The monoisotopic (exact) mass is 170 g/mol. The van der Waals surface area contributed by atoms with E-state index in [2.05, 4.69) is 6.58 Å². The molecule has 0 nitrogen and oxygen atoms in total. The maximum atomic E-state index is 13.0. The third-order valence-corrected chi connectivity index (χ3v) is 2.20. The van der Waals surface area contributed by atoms with Crippen molar-refractivity contribution in [3.05, 3.63) is 24.3 Å². The van der Waals surface area contributed by atoms with Gasteiger partial charge in [-0.15, -0.1) is 6.58 Å². The number of rotatable bonds is 5. The lowest BCUT2D eigenvalue weighted by Gasteiger charge is -2.16. The second-order valence-corrected chi connectivity index (χ2v) is 3.30. The molecule has 0 aromatic carbocycles. The second-order valence-electron chi connectivity index (χ2n) is 3.30. The highest BCUT2D eigenvalue weighted by Crippen LogP contribution is 2.21. The van der Waals surface area contributed by atoms with Crippen molar-refractivity contribution in [1.82, 2.24) is 0 Å². The molecule has 0 saturated heterocycles. The molecule has 0 spiro atoms. The fourth-order valence-electron chi connectivity index (χ4n) is 1.18. The summed E-state index contributed by atoms with van der Waals surface area (Å²) in [6.45, 7) is 9.28. The first kappa shape index (κ1) is 11.4. The minimum atomic E-state index is -0.738. The molecule has 1 heteroatoms. The van der Waals surface area contributed by atoms with Gasteiger partial charge in [0.2, 0.25) is 0 Å². The average Bonchev–Trinajstić information content (AvgIpc) is 2.03. The summed E-state index contributed by atoms with van der Waals surface area (Å²) >= 11 is 0. The van der Waals surface area contributed by atoms with Crippen LogP contribution in [-0.2, 0) is 0 Å². The first-order chi connectivity index (χ1) is 5.61. The first-order valence-corrected chi connectivity index (χ1v) is 4.48. The normalized spacial score (nSPS) is 17.2. The Bertz CT molecular complexity index is 156. The van der Waals surface area contributed by atoms with Crippen LogP contribution < -0.4 is 0 Å². The molecule has 0 aliphatic carbocycles. The largest absolute Gasteiger partial charge is 0.247 e. The van der Waals surface area contributed by atoms with Gasteiger partial charge in [-0.3, -0.25) is 0 Å².